The lowest BCUT2D eigenvalue weighted by atomic mass is 10.1. The van der Waals surface area contributed by atoms with E-state index in [-0.39, 0.29) is 6.10 Å². The van der Waals surface area contributed by atoms with E-state index in [1.54, 1.807) is 0 Å². The standard InChI is InChI=1S/C15H13BrClNO/c16-13-3-1-2-4-14(13)18-9-12-8-10-7-11(17)5-6-15(10)19-12/h1-7,12,18H,8-9H2. The van der Waals surface area contributed by atoms with Crippen LogP contribution < -0.4 is 10.1 Å². The van der Waals surface area contributed by atoms with E-state index < -0.39 is 0 Å². The Kier molecular flexibility index (Phi) is 3.67. The maximum Gasteiger partial charge on any atom is 0.123 e. The molecule has 0 radical (unpaired) electrons. The second-order valence-electron chi connectivity index (χ2n) is 4.56. The van der Waals surface area contributed by atoms with Crippen molar-refractivity contribution in [2.75, 3.05) is 11.9 Å². The van der Waals surface area contributed by atoms with Crippen LogP contribution in [0.25, 0.3) is 0 Å². The van der Waals surface area contributed by atoms with Crippen LogP contribution >= 0.6 is 27.5 Å². The molecule has 19 heavy (non-hydrogen) atoms. The molecule has 2 aromatic rings. The van der Waals surface area contributed by atoms with Crippen molar-refractivity contribution >= 4 is 33.2 Å². The van der Waals surface area contributed by atoms with Crippen molar-refractivity contribution < 1.29 is 4.74 Å². The van der Waals surface area contributed by atoms with Crippen molar-refractivity contribution in [2.45, 2.75) is 12.5 Å². The molecule has 0 amide bonds. The molecule has 98 valence electrons. The van der Waals surface area contributed by atoms with Gasteiger partial charge in [0.15, 0.2) is 0 Å². The van der Waals surface area contributed by atoms with Crippen molar-refractivity contribution in [3.63, 3.8) is 0 Å². The molecule has 3 rings (SSSR count). The molecular formula is C15H13BrClNO. The van der Waals surface area contributed by atoms with Gasteiger partial charge in [0, 0.05) is 21.6 Å². The Morgan fingerprint density at radius 3 is 2.95 bits per heavy atom. The summed E-state index contributed by atoms with van der Waals surface area (Å²) < 4.78 is 6.95. The minimum Gasteiger partial charge on any atom is -0.488 e. The van der Waals surface area contributed by atoms with Gasteiger partial charge in [0.1, 0.15) is 11.9 Å². The molecule has 0 spiro atoms. The molecule has 0 aromatic heterocycles. The highest BCUT2D eigenvalue weighted by Crippen LogP contribution is 2.31. The number of rotatable bonds is 3. The van der Waals surface area contributed by atoms with Gasteiger partial charge >= 0.3 is 0 Å². The average Bonchev–Trinajstić information content (AvgIpc) is 2.79. The quantitative estimate of drug-likeness (QED) is 0.888. The fourth-order valence-electron chi connectivity index (χ4n) is 2.23. The molecule has 2 aromatic carbocycles. The van der Waals surface area contributed by atoms with E-state index in [2.05, 4.69) is 21.2 Å². The predicted octanol–water partition coefficient (Wildman–Crippen LogP) is 4.52. The Labute approximate surface area is 125 Å². The molecule has 1 atom stereocenters. The normalized spacial score (nSPS) is 16.8. The second-order valence-corrected chi connectivity index (χ2v) is 5.85. The molecule has 1 aliphatic heterocycles. The van der Waals surface area contributed by atoms with Gasteiger partial charge in [-0.05, 0) is 51.8 Å². The second kappa shape index (κ2) is 5.43. The SMILES string of the molecule is Clc1ccc2c(c1)CC(CNc1ccccc1Br)O2. The maximum atomic E-state index is 5.99. The number of halogens is 2. The molecule has 4 heteroatoms. The first kappa shape index (κ1) is 12.8. The van der Waals surface area contributed by atoms with Gasteiger partial charge in [-0.25, -0.2) is 0 Å². The van der Waals surface area contributed by atoms with Crippen molar-refractivity contribution in [2.24, 2.45) is 0 Å². The molecule has 1 unspecified atom stereocenters. The predicted molar refractivity (Wildman–Crippen MR) is 82.2 cm³/mol. The summed E-state index contributed by atoms with van der Waals surface area (Å²) in [5.74, 6) is 0.948. The Bertz CT molecular complexity index is 602. The number of fused-ring (bicyclic) bond motifs is 1. The highest BCUT2D eigenvalue weighted by Gasteiger charge is 2.22. The van der Waals surface area contributed by atoms with E-state index in [0.29, 0.717) is 0 Å². The minimum atomic E-state index is 0.153. The Hall–Kier alpha value is -1.19. The third-order valence-corrected chi connectivity index (χ3v) is 4.08. The third kappa shape index (κ3) is 2.88. The fourth-order valence-corrected chi connectivity index (χ4v) is 2.85. The highest BCUT2D eigenvalue weighted by atomic mass is 79.9. The first-order chi connectivity index (χ1) is 9.22. The highest BCUT2D eigenvalue weighted by molar-refractivity contribution is 9.10. The lowest BCUT2D eigenvalue weighted by Gasteiger charge is -2.13. The van der Waals surface area contributed by atoms with E-state index in [4.69, 9.17) is 16.3 Å². The number of benzene rings is 2. The van der Waals surface area contributed by atoms with Crippen LogP contribution in [0.3, 0.4) is 0 Å². The molecule has 1 aliphatic rings. The van der Waals surface area contributed by atoms with E-state index in [1.807, 2.05) is 42.5 Å². The van der Waals surface area contributed by atoms with Crippen LogP contribution in [0.1, 0.15) is 5.56 Å². The van der Waals surface area contributed by atoms with Crippen molar-refractivity contribution in [3.05, 3.63) is 57.5 Å². The first-order valence-electron chi connectivity index (χ1n) is 6.16. The van der Waals surface area contributed by atoms with Gasteiger partial charge in [0.2, 0.25) is 0 Å². The average molecular weight is 339 g/mol. The largest absolute Gasteiger partial charge is 0.488 e. The topological polar surface area (TPSA) is 21.3 Å². The Morgan fingerprint density at radius 1 is 1.26 bits per heavy atom. The number of hydrogen-bond donors (Lipinski definition) is 1. The van der Waals surface area contributed by atoms with Crippen LogP contribution in [0.15, 0.2) is 46.9 Å². The van der Waals surface area contributed by atoms with Crippen molar-refractivity contribution in [1.82, 2.24) is 0 Å². The summed E-state index contributed by atoms with van der Waals surface area (Å²) in [4.78, 5) is 0. The third-order valence-electron chi connectivity index (χ3n) is 3.16. The van der Waals surface area contributed by atoms with Crippen LogP contribution in [0.4, 0.5) is 5.69 Å². The van der Waals surface area contributed by atoms with E-state index in [9.17, 15) is 0 Å². The van der Waals surface area contributed by atoms with E-state index in [0.717, 1.165) is 33.9 Å². The van der Waals surface area contributed by atoms with Crippen molar-refractivity contribution in [3.8, 4) is 5.75 Å². The number of para-hydroxylation sites is 1. The molecule has 2 nitrogen and oxygen atoms in total. The first-order valence-corrected chi connectivity index (χ1v) is 7.33. The van der Waals surface area contributed by atoms with Gasteiger partial charge in [-0.15, -0.1) is 0 Å². The van der Waals surface area contributed by atoms with Crippen molar-refractivity contribution in [1.29, 1.82) is 0 Å². The molecule has 0 aliphatic carbocycles. The van der Waals surface area contributed by atoms with E-state index >= 15 is 0 Å². The number of hydrogen-bond acceptors (Lipinski definition) is 2. The maximum absolute atomic E-state index is 5.99. The summed E-state index contributed by atoms with van der Waals surface area (Å²) >= 11 is 9.51. The van der Waals surface area contributed by atoms with Gasteiger partial charge < -0.3 is 10.1 Å². The van der Waals surface area contributed by atoms with Gasteiger partial charge in [0.25, 0.3) is 0 Å². The number of ether oxygens (including phenoxy) is 1. The lowest BCUT2D eigenvalue weighted by molar-refractivity contribution is 0.246. The molecule has 0 fully saturated rings. The zero-order valence-electron chi connectivity index (χ0n) is 10.2. The Balaban J connectivity index is 1.63. The van der Waals surface area contributed by atoms with Gasteiger partial charge in [0.05, 0.1) is 6.54 Å². The summed E-state index contributed by atoms with van der Waals surface area (Å²) in [5, 5.41) is 4.16. The molecule has 0 bridgehead atoms. The van der Waals surface area contributed by atoms with Crippen LogP contribution in [0.2, 0.25) is 5.02 Å². The van der Waals surface area contributed by atoms with Crippen LogP contribution in [0, 0.1) is 0 Å². The van der Waals surface area contributed by atoms with Gasteiger partial charge in [-0.1, -0.05) is 23.7 Å². The molecule has 0 saturated carbocycles. The van der Waals surface area contributed by atoms with Crippen LogP contribution in [-0.2, 0) is 6.42 Å². The minimum absolute atomic E-state index is 0.153. The molecule has 0 saturated heterocycles. The number of nitrogens with one attached hydrogen (secondary N) is 1. The lowest BCUT2D eigenvalue weighted by Crippen LogP contribution is -2.24. The van der Waals surface area contributed by atoms with Gasteiger partial charge in [-0.2, -0.15) is 0 Å². The summed E-state index contributed by atoms with van der Waals surface area (Å²) in [6.45, 7) is 0.773. The fraction of sp³-hybridized carbons (Fsp3) is 0.200. The Morgan fingerprint density at radius 2 is 2.11 bits per heavy atom. The molecular weight excluding hydrogens is 326 g/mol. The van der Waals surface area contributed by atoms with Crippen LogP contribution in [0.5, 0.6) is 5.75 Å². The number of anilines is 1. The monoisotopic (exact) mass is 337 g/mol. The summed E-state index contributed by atoms with van der Waals surface area (Å²) in [6, 6.07) is 13.9. The summed E-state index contributed by atoms with van der Waals surface area (Å²) in [7, 11) is 0. The summed E-state index contributed by atoms with van der Waals surface area (Å²) in [5.41, 5.74) is 2.27. The van der Waals surface area contributed by atoms with Gasteiger partial charge in [-0.3, -0.25) is 0 Å². The smallest absolute Gasteiger partial charge is 0.123 e. The molecule has 1 N–H and O–H groups in total. The van der Waals surface area contributed by atoms with Crippen LogP contribution in [-0.4, -0.2) is 12.6 Å². The zero-order chi connectivity index (χ0) is 13.2. The zero-order valence-corrected chi connectivity index (χ0v) is 12.5. The molecule has 1 heterocycles. The van der Waals surface area contributed by atoms with E-state index in [1.165, 1.54) is 5.56 Å². The summed E-state index contributed by atoms with van der Waals surface area (Å²) in [6.07, 6.45) is 1.05.